The van der Waals surface area contributed by atoms with Gasteiger partial charge in [-0.05, 0) is 12.8 Å². The zero-order valence-corrected chi connectivity index (χ0v) is 9.86. The first kappa shape index (κ1) is 14.6. The van der Waals surface area contributed by atoms with Gasteiger partial charge in [0.2, 0.25) is 0 Å². The number of rotatable bonds is 5. The van der Waals surface area contributed by atoms with Crippen molar-refractivity contribution in [2.45, 2.75) is 31.3 Å². The lowest BCUT2D eigenvalue weighted by Crippen LogP contribution is -2.30. The highest BCUT2D eigenvalue weighted by atomic mass is 32.2. The van der Waals surface area contributed by atoms with Gasteiger partial charge in [-0.1, -0.05) is 11.8 Å². The van der Waals surface area contributed by atoms with Gasteiger partial charge in [0.15, 0.2) is 5.17 Å². The first-order valence-corrected chi connectivity index (χ1v) is 6.10. The number of ether oxygens (including phenoxy) is 1. The molecule has 0 aromatic carbocycles. The molecule has 0 spiro atoms. The number of amidine groups is 1. The number of nitrogens with two attached hydrogens (primary N) is 1. The van der Waals surface area contributed by atoms with Crippen LogP contribution in [0.15, 0.2) is 4.99 Å². The number of aliphatic imine (C=N–C) groups is 1. The molecule has 1 rings (SSSR count). The van der Waals surface area contributed by atoms with Gasteiger partial charge < -0.3 is 10.5 Å². The van der Waals surface area contributed by atoms with Gasteiger partial charge in [0.1, 0.15) is 0 Å². The molecular weight excluding hydrogens is 260 g/mol. The molecule has 0 aromatic rings. The van der Waals surface area contributed by atoms with Crippen molar-refractivity contribution in [2.24, 2.45) is 10.7 Å². The van der Waals surface area contributed by atoms with E-state index in [4.69, 9.17) is 10.5 Å². The van der Waals surface area contributed by atoms with Crippen LogP contribution in [0.5, 0.6) is 0 Å². The van der Waals surface area contributed by atoms with Crippen LogP contribution >= 0.6 is 11.8 Å². The molecule has 0 aliphatic carbocycles. The molecule has 2 N–H and O–H groups in total. The van der Waals surface area contributed by atoms with Crippen molar-refractivity contribution in [3.8, 4) is 0 Å². The fourth-order valence-corrected chi connectivity index (χ4v) is 1.89. The van der Waals surface area contributed by atoms with E-state index in [0.29, 0.717) is 24.9 Å². The van der Waals surface area contributed by atoms with E-state index in [1.807, 2.05) is 0 Å². The van der Waals surface area contributed by atoms with E-state index in [9.17, 15) is 17.6 Å². The number of hydrogen-bond donors (Lipinski definition) is 1. The Morgan fingerprint density at radius 3 is 2.76 bits per heavy atom. The van der Waals surface area contributed by atoms with Crippen LogP contribution in [0, 0.1) is 0 Å². The Morgan fingerprint density at radius 1 is 1.53 bits per heavy atom. The van der Waals surface area contributed by atoms with Gasteiger partial charge in [-0.25, -0.2) is 8.78 Å². The van der Waals surface area contributed by atoms with Crippen molar-refractivity contribution >= 4 is 16.9 Å². The summed E-state index contributed by atoms with van der Waals surface area (Å²) in [5.41, 5.74) is 5.34. The first-order valence-electron chi connectivity index (χ1n) is 5.12. The van der Waals surface area contributed by atoms with Crippen molar-refractivity contribution < 1.29 is 22.3 Å². The third kappa shape index (κ3) is 5.12. The number of nitrogens with zero attached hydrogens (tertiary/aromatic N) is 1. The molecule has 0 unspecified atom stereocenters. The average Bonchev–Trinajstić information content (AvgIpc) is 2.76. The van der Waals surface area contributed by atoms with E-state index in [0.717, 1.165) is 12.8 Å². The summed E-state index contributed by atoms with van der Waals surface area (Å²) in [6.45, 7) is 0.954. The molecule has 17 heavy (non-hydrogen) atoms. The van der Waals surface area contributed by atoms with E-state index in [1.165, 1.54) is 0 Å². The van der Waals surface area contributed by atoms with Crippen molar-refractivity contribution in [2.75, 3.05) is 18.9 Å². The van der Waals surface area contributed by atoms with Gasteiger partial charge >= 0.3 is 12.3 Å². The van der Waals surface area contributed by atoms with E-state index in [1.54, 1.807) is 0 Å². The van der Waals surface area contributed by atoms with Crippen LogP contribution in [-0.2, 0) is 4.74 Å². The normalized spacial score (nSPS) is 22.4. The summed E-state index contributed by atoms with van der Waals surface area (Å²) in [4.78, 5) is 3.82. The van der Waals surface area contributed by atoms with Gasteiger partial charge in [-0.3, -0.25) is 4.99 Å². The van der Waals surface area contributed by atoms with Crippen molar-refractivity contribution in [1.29, 1.82) is 0 Å². The molecule has 0 aromatic heterocycles. The smallest absolute Gasteiger partial charge is 0.316 e. The Bertz CT molecular complexity index is 270. The van der Waals surface area contributed by atoms with Crippen molar-refractivity contribution in [3.63, 3.8) is 0 Å². The average molecular weight is 274 g/mol. The summed E-state index contributed by atoms with van der Waals surface area (Å²) in [7, 11) is 0. The van der Waals surface area contributed by atoms with Crippen LogP contribution in [0.3, 0.4) is 0 Å². The largest absolute Gasteiger partial charge is 0.379 e. The first-order chi connectivity index (χ1) is 7.92. The Hall–Kier alpha value is -0.500. The predicted octanol–water partition coefficient (Wildman–Crippen LogP) is 2.11. The lowest BCUT2D eigenvalue weighted by Gasteiger charge is -2.14. The maximum absolute atomic E-state index is 12.5. The number of alkyl halides is 4. The van der Waals surface area contributed by atoms with Crippen LogP contribution in [-0.4, -0.2) is 42.5 Å². The molecule has 0 radical (unpaired) electrons. The summed E-state index contributed by atoms with van der Waals surface area (Å²) in [5.74, 6) is -5.10. The minimum atomic E-state index is -4.03. The van der Waals surface area contributed by atoms with Gasteiger partial charge in [0, 0.05) is 6.61 Å². The van der Waals surface area contributed by atoms with Crippen molar-refractivity contribution in [3.05, 3.63) is 0 Å². The molecule has 1 aliphatic rings. The molecule has 1 saturated heterocycles. The summed E-state index contributed by atoms with van der Waals surface area (Å²) >= 11 is 0.437. The summed E-state index contributed by atoms with van der Waals surface area (Å²) in [6.07, 6.45) is -1.92. The molecule has 1 heterocycles. The van der Waals surface area contributed by atoms with E-state index < -0.39 is 18.1 Å². The Morgan fingerprint density at radius 2 is 2.24 bits per heavy atom. The molecular formula is C9H14F4N2OS. The third-order valence-electron chi connectivity index (χ3n) is 2.21. The minimum Gasteiger partial charge on any atom is -0.379 e. The summed E-state index contributed by atoms with van der Waals surface area (Å²) < 4.78 is 54.0. The topological polar surface area (TPSA) is 47.6 Å². The predicted molar refractivity (Wildman–Crippen MR) is 58.9 cm³/mol. The van der Waals surface area contributed by atoms with Crippen LogP contribution in [0.1, 0.15) is 12.8 Å². The fourth-order valence-electron chi connectivity index (χ4n) is 1.26. The second kappa shape index (κ2) is 6.44. The second-order valence-electron chi connectivity index (χ2n) is 3.66. The SMILES string of the molecule is NC(=NC[C@@H]1CCCO1)SCC(F)(F)C(F)F. The standard InChI is InChI=1S/C9H14F4N2OS/c10-7(11)9(12,13)5-17-8(14)15-4-6-2-1-3-16-6/h6-7H,1-5H2,(H2,14,15)/t6-/m0/s1. The highest BCUT2D eigenvalue weighted by Gasteiger charge is 2.40. The Kier molecular flexibility index (Phi) is 5.51. The van der Waals surface area contributed by atoms with Crippen LogP contribution < -0.4 is 5.73 Å². The summed E-state index contributed by atoms with van der Waals surface area (Å²) in [6, 6.07) is 0. The van der Waals surface area contributed by atoms with Gasteiger partial charge in [-0.15, -0.1) is 0 Å². The highest BCUT2D eigenvalue weighted by Crippen LogP contribution is 2.27. The number of halogens is 4. The van der Waals surface area contributed by atoms with Crippen molar-refractivity contribution in [1.82, 2.24) is 0 Å². The molecule has 0 saturated carbocycles. The number of thioether (sulfide) groups is 1. The summed E-state index contributed by atoms with van der Waals surface area (Å²) in [5, 5.41) is -0.110. The van der Waals surface area contributed by atoms with E-state index in [2.05, 4.69) is 4.99 Å². The molecule has 1 fully saturated rings. The molecule has 1 aliphatic heterocycles. The third-order valence-corrected chi connectivity index (χ3v) is 3.16. The second-order valence-corrected chi connectivity index (χ2v) is 4.66. The van der Waals surface area contributed by atoms with Gasteiger partial charge in [0.05, 0.1) is 18.4 Å². The van der Waals surface area contributed by atoms with Crippen LogP contribution in [0.25, 0.3) is 0 Å². The molecule has 0 amide bonds. The van der Waals surface area contributed by atoms with Gasteiger partial charge in [-0.2, -0.15) is 8.78 Å². The molecule has 0 bridgehead atoms. The maximum Gasteiger partial charge on any atom is 0.316 e. The molecule has 8 heteroatoms. The highest BCUT2D eigenvalue weighted by molar-refractivity contribution is 8.13. The lowest BCUT2D eigenvalue weighted by atomic mass is 10.2. The zero-order valence-electron chi connectivity index (χ0n) is 9.04. The zero-order chi connectivity index (χ0) is 12.9. The van der Waals surface area contributed by atoms with Crippen LogP contribution in [0.4, 0.5) is 17.6 Å². The van der Waals surface area contributed by atoms with E-state index >= 15 is 0 Å². The number of hydrogen-bond acceptors (Lipinski definition) is 3. The Balaban J connectivity index is 2.28. The maximum atomic E-state index is 12.5. The molecule has 100 valence electrons. The van der Waals surface area contributed by atoms with Crippen LogP contribution in [0.2, 0.25) is 0 Å². The lowest BCUT2D eigenvalue weighted by molar-refractivity contribution is -0.109. The molecule has 3 nitrogen and oxygen atoms in total. The monoisotopic (exact) mass is 274 g/mol. The molecule has 1 atom stereocenters. The minimum absolute atomic E-state index is 0.0373. The fraction of sp³-hybridized carbons (Fsp3) is 0.889. The van der Waals surface area contributed by atoms with E-state index in [-0.39, 0.29) is 11.3 Å². The van der Waals surface area contributed by atoms with Gasteiger partial charge in [0.25, 0.3) is 0 Å². The Labute approximate surface area is 101 Å². The quantitative estimate of drug-likeness (QED) is 0.474.